The lowest BCUT2D eigenvalue weighted by molar-refractivity contribution is 0.0694. The summed E-state index contributed by atoms with van der Waals surface area (Å²) in [5, 5.41) is 12.0. The highest BCUT2D eigenvalue weighted by molar-refractivity contribution is 5.88. The zero-order valence-electron chi connectivity index (χ0n) is 10.0. The molecule has 0 aliphatic carbocycles. The van der Waals surface area contributed by atoms with Gasteiger partial charge in [-0.3, -0.25) is 0 Å². The molecule has 94 valence electrons. The number of hydrogen-bond acceptors (Lipinski definition) is 5. The quantitative estimate of drug-likeness (QED) is 0.681. The van der Waals surface area contributed by atoms with Crippen molar-refractivity contribution in [2.75, 3.05) is 13.2 Å². The maximum absolute atomic E-state index is 10.9. The van der Waals surface area contributed by atoms with E-state index in [4.69, 9.17) is 9.84 Å². The van der Waals surface area contributed by atoms with Gasteiger partial charge in [-0.05, 0) is 13.8 Å². The zero-order valence-corrected chi connectivity index (χ0v) is 10.0. The van der Waals surface area contributed by atoms with Gasteiger partial charge in [0, 0.05) is 19.3 Å². The number of carboxylic acid groups (broad SMARTS) is 1. The van der Waals surface area contributed by atoms with Crippen molar-refractivity contribution in [1.82, 2.24) is 15.3 Å². The molecule has 0 aliphatic heterocycles. The smallest absolute Gasteiger partial charge is 0.339 e. The van der Waals surface area contributed by atoms with Gasteiger partial charge in [0.15, 0.2) is 0 Å². The standard InChI is InChI=1S/C11H17N3O3/c1-8(2)17-4-3-12-6-10-9(11(15)16)5-13-7-14-10/h5,7-8,12H,3-4,6H2,1-2H3,(H,15,16). The van der Waals surface area contributed by atoms with Crippen molar-refractivity contribution in [3.63, 3.8) is 0 Å². The Balaban J connectivity index is 2.39. The van der Waals surface area contributed by atoms with E-state index in [1.165, 1.54) is 12.5 Å². The van der Waals surface area contributed by atoms with Crippen LogP contribution < -0.4 is 5.32 Å². The molecule has 0 spiro atoms. The fourth-order valence-electron chi connectivity index (χ4n) is 1.25. The van der Waals surface area contributed by atoms with E-state index in [2.05, 4.69) is 15.3 Å². The summed E-state index contributed by atoms with van der Waals surface area (Å²) in [6.45, 7) is 5.57. The highest BCUT2D eigenvalue weighted by Crippen LogP contribution is 2.02. The Hall–Kier alpha value is -1.53. The van der Waals surface area contributed by atoms with Gasteiger partial charge in [0.25, 0.3) is 0 Å². The Morgan fingerprint density at radius 1 is 1.59 bits per heavy atom. The van der Waals surface area contributed by atoms with Crippen LogP contribution >= 0.6 is 0 Å². The van der Waals surface area contributed by atoms with E-state index >= 15 is 0 Å². The summed E-state index contributed by atoms with van der Waals surface area (Å²) in [6, 6.07) is 0. The van der Waals surface area contributed by atoms with Crippen LogP contribution in [-0.2, 0) is 11.3 Å². The molecule has 0 bridgehead atoms. The summed E-state index contributed by atoms with van der Waals surface area (Å²) in [5.74, 6) is -1.01. The van der Waals surface area contributed by atoms with Crippen molar-refractivity contribution in [2.45, 2.75) is 26.5 Å². The first-order valence-electron chi connectivity index (χ1n) is 5.45. The van der Waals surface area contributed by atoms with Crippen molar-refractivity contribution in [2.24, 2.45) is 0 Å². The molecule has 1 aromatic rings. The van der Waals surface area contributed by atoms with E-state index in [1.807, 2.05) is 13.8 Å². The molecule has 6 heteroatoms. The van der Waals surface area contributed by atoms with Crippen LogP contribution in [-0.4, -0.2) is 40.3 Å². The van der Waals surface area contributed by atoms with Crippen molar-refractivity contribution in [1.29, 1.82) is 0 Å². The maximum Gasteiger partial charge on any atom is 0.339 e. The predicted octanol–water partition coefficient (Wildman–Crippen LogP) is 0.689. The second-order valence-electron chi connectivity index (χ2n) is 3.78. The number of aromatic nitrogens is 2. The molecule has 0 atom stereocenters. The number of carbonyl (C=O) groups is 1. The molecule has 1 aromatic heterocycles. The van der Waals surface area contributed by atoms with Crippen molar-refractivity contribution in [3.05, 3.63) is 23.8 Å². The van der Waals surface area contributed by atoms with E-state index in [0.29, 0.717) is 25.4 Å². The van der Waals surface area contributed by atoms with Crippen molar-refractivity contribution in [3.8, 4) is 0 Å². The monoisotopic (exact) mass is 239 g/mol. The Morgan fingerprint density at radius 3 is 3.00 bits per heavy atom. The zero-order chi connectivity index (χ0) is 12.7. The van der Waals surface area contributed by atoms with E-state index < -0.39 is 5.97 Å². The van der Waals surface area contributed by atoms with Crippen LogP contribution in [0, 0.1) is 0 Å². The van der Waals surface area contributed by atoms with Crippen LogP contribution in [0.5, 0.6) is 0 Å². The van der Waals surface area contributed by atoms with Crippen LogP contribution in [0.4, 0.5) is 0 Å². The summed E-state index contributed by atoms with van der Waals surface area (Å²) < 4.78 is 5.35. The average molecular weight is 239 g/mol. The first-order valence-corrected chi connectivity index (χ1v) is 5.45. The Morgan fingerprint density at radius 2 is 2.35 bits per heavy atom. The molecule has 2 N–H and O–H groups in total. The summed E-state index contributed by atoms with van der Waals surface area (Å²) in [6.07, 6.45) is 2.84. The summed E-state index contributed by atoms with van der Waals surface area (Å²) in [4.78, 5) is 18.5. The summed E-state index contributed by atoms with van der Waals surface area (Å²) in [5.41, 5.74) is 0.613. The van der Waals surface area contributed by atoms with E-state index in [-0.39, 0.29) is 11.7 Å². The van der Waals surface area contributed by atoms with E-state index in [9.17, 15) is 4.79 Å². The molecule has 0 amide bonds. The van der Waals surface area contributed by atoms with E-state index in [0.717, 1.165) is 0 Å². The topological polar surface area (TPSA) is 84.3 Å². The lowest BCUT2D eigenvalue weighted by Gasteiger charge is -2.09. The van der Waals surface area contributed by atoms with Crippen LogP contribution in [0.2, 0.25) is 0 Å². The van der Waals surface area contributed by atoms with Gasteiger partial charge >= 0.3 is 5.97 Å². The number of ether oxygens (including phenoxy) is 1. The molecule has 0 saturated carbocycles. The Labute approximate surface area is 100 Å². The van der Waals surface area contributed by atoms with Gasteiger partial charge in [0.05, 0.1) is 18.4 Å². The number of carboxylic acids is 1. The van der Waals surface area contributed by atoms with Gasteiger partial charge in [-0.1, -0.05) is 0 Å². The molecular weight excluding hydrogens is 222 g/mol. The minimum atomic E-state index is -1.01. The summed E-state index contributed by atoms with van der Waals surface area (Å²) in [7, 11) is 0. The van der Waals surface area contributed by atoms with Crippen molar-refractivity contribution < 1.29 is 14.6 Å². The summed E-state index contributed by atoms with van der Waals surface area (Å²) >= 11 is 0. The molecule has 17 heavy (non-hydrogen) atoms. The molecule has 0 fully saturated rings. The van der Waals surface area contributed by atoms with Crippen LogP contribution in [0.3, 0.4) is 0 Å². The average Bonchev–Trinajstić information content (AvgIpc) is 2.28. The number of rotatable bonds is 7. The first-order chi connectivity index (χ1) is 8.11. The molecule has 1 rings (SSSR count). The molecule has 1 heterocycles. The third-order valence-corrected chi connectivity index (χ3v) is 2.05. The predicted molar refractivity (Wildman–Crippen MR) is 61.8 cm³/mol. The number of aromatic carboxylic acids is 1. The van der Waals surface area contributed by atoms with Crippen LogP contribution in [0.1, 0.15) is 29.9 Å². The minimum absolute atomic E-state index is 0.129. The maximum atomic E-state index is 10.9. The fourth-order valence-corrected chi connectivity index (χ4v) is 1.25. The van der Waals surface area contributed by atoms with Crippen LogP contribution in [0.25, 0.3) is 0 Å². The Kier molecular flexibility index (Phi) is 5.51. The Bertz CT molecular complexity index is 369. The highest BCUT2D eigenvalue weighted by atomic mass is 16.5. The second kappa shape index (κ2) is 6.93. The fraction of sp³-hybridized carbons (Fsp3) is 0.545. The third-order valence-electron chi connectivity index (χ3n) is 2.05. The lowest BCUT2D eigenvalue weighted by atomic mass is 10.2. The molecule has 0 saturated heterocycles. The molecule has 0 aliphatic rings. The SMILES string of the molecule is CC(C)OCCNCc1ncncc1C(=O)O. The van der Waals surface area contributed by atoms with Gasteiger partial charge in [-0.2, -0.15) is 0 Å². The van der Waals surface area contributed by atoms with Gasteiger partial charge in [0.2, 0.25) is 0 Å². The lowest BCUT2D eigenvalue weighted by Crippen LogP contribution is -2.22. The first kappa shape index (κ1) is 13.5. The second-order valence-corrected chi connectivity index (χ2v) is 3.78. The molecule has 6 nitrogen and oxygen atoms in total. The van der Waals surface area contributed by atoms with Gasteiger partial charge < -0.3 is 15.2 Å². The van der Waals surface area contributed by atoms with E-state index in [1.54, 1.807) is 0 Å². The van der Waals surface area contributed by atoms with Gasteiger partial charge in [0.1, 0.15) is 11.9 Å². The largest absolute Gasteiger partial charge is 0.478 e. The number of nitrogens with zero attached hydrogens (tertiary/aromatic N) is 2. The molecule has 0 unspecified atom stereocenters. The van der Waals surface area contributed by atoms with Gasteiger partial charge in [-0.15, -0.1) is 0 Å². The minimum Gasteiger partial charge on any atom is -0.478 e. The number of hydrogen-bond donors (Lipinski definition) is 2. The van der Waals surface area contributed by atoms with Crippen LogP contribution in [0.15, 0.2) is 12.5 Å². The van der Waals surface area contributed by atoms with Crippen molar-refractivity contribution >= 4 is 5.97 Å². The number of nitrogens with one attached hydrogen (secondary N) is 1. The van der Waals surface area contributed by atoms with Gasteiger partial charge in [-0.25, -0.2) is 14.8 Å². The molecule has 0 aromatic carbocycles. The molecule has 0 radical (unpaired) electrons. The third kappa shape index (κ3) is 4.88. The highest BCUT2D eigenvalue weighted by Gasteiger charge is 2.10. The normalized spacial score (nSPS) is 10.8. The molecular formula is C11H17N3O3.